The van der Waals surface area contributed by atoms with E-state index in [9.17, 15) is 4.79 Å². The van der Waals surface area contributed by atoms with Gasteiger partial charge < -0.3 is 10.1 Å². The van der Waals surface area contributed by atoms with Crippen molar-refractivity contribution in [2.45, 2.75) is 13.5 Å². The molecule has 0 saturated carbocycles. The number of pyridine rings is 1. The lowest BCUT2D eigenvalue weighted by Crippen LogP contribution is -2.15. The molecule has 6 nitrogen and oxygen atoms in total. The molecule has 3 rings (SSSR count). The molecule has 2 heterocycles. The van der Waals surface area contributed by atoms with E-state index >= 15 is 0 Å². The molecule has 0 aliphatic rings. The predicted molar refractivity (Wildman–Crippen MR) is 88.4 cm³/mol. The summed E-state index contributed by atoms with van der Waals surface area (Å²) >= 11 is 0. The van der Waals surface area contributed by atoms with Crippen LogP contribution in [-0.2, 0) is 11.3 Å². The number of hydrogen-bond donors (Lipinski definition) is 1. The number of rotatable bonds is 6. The van der Waals surface area contributed by atoms with Crippen LogP contribution in [0.2, 0.25) is 0 Å². The van der Waals surface area contributed by atoms with Gasteiger partial charge in [0.1, 0.15) is 5.56 Å². The van der Waals surface area contributed by atoms with Crippen molar-refractivity contribution in [3.05, 3.63) is 54.5 Å². The molecule has 23 heavy (non-hydrogen) atoms. The Hall–Kier alpha value is -2.89. The van der Waals surface area contributed by atoms with Crippen LogP contribution in [0, 0.1) is 0 Å². The Morgan fingerprint density at radius 1 is 1.30 bits per heavy atom. The van der Waals surface area contributed by atoms with Gasteiger partial charge in [-0.3, -0.25) is 9.67 Å². The number of fused-ring (bicyclic) bond motifs is 1. The van der Waals surface area contributed by atoms with Gasteiger partial charge in [0, 0.05) is 30.5 Å². The third kappa shape index (κ3) is 3.31. The first kappa shape index (κ1) is 15.0. The smallest absolute Gasteiger partial charge is 0.341 e. The number of hydrogen-bond acceptors (Lipinski definition) is 5. The molecule has 1 aromatic carbocycles. The Morgan fingerprint density at radius 2 is 2.17 bits per heavy atom. The summed E-state index contributed by atoms with van der Waals surface area (Å²) in [5.41, 5.74) is 2.04. The van der Waals surface area contributed by atoms with Crippen LogP contribution in [0.5, 0.6) is 0 Å². The maximum absolute atomic E-state index is 12.2. The third-order valence-corrected chi connectivity index (χ3v) is 3.47. The number of anilines is 1. The molecular formula is C17H18N4O2. The van der Waals surface area contributed by atoms with Gasteiger partial charge >= 0.3 is 5.97 Å². The Bertz CT molecular complexity index is 799. The van der Waals surface area contributed by atoms with E-state index in [2.05, 4.69) is 15.4 Å². The highest BCUT2D eigenvalue weighted by molar-refractivity contribution is 6.04. The molecule has 0 spiro atoms. The van der Waals surface area contributed by atoms with Gasteiger partial charge in [-0.05, 0) is 19.1 Å². The van der Waals surface area contributed by atoms with E-state index < -0.39 is 0 Å². The summed E-state index contributed by atoms with van der Waals surface area (Å²) < 4.78 is 6.97. The van der Waals surface area contributed by atoms with Crippen molar-refractivity contribution < 1.29 is 9.53 Å². The fraction of sp³-hybridized carbons (Fsp3) is 0.235. The molecule has 0 amide bonds. The normalized spacial score (nSPS) is 10.7. The number of carbonyl (C=O) groups is 1. The minimum Gasteiger partial charge on any atom is -0.462 e. The number of para-hydroxylation sites is 1. The highest BCUT2D eigenvalue weighted by Crippen LogP contribution is 2.26. The summed E-state index contributed by atoms with van der Waals surface area (Å²) in [6.07, 6.45) is 5.21. The monoisotopic (exact) mass is 310 g/mol. The zero-order valence-electron chi connectivity index (χ0n) is 12.9. The van der Waals surface area contributed by atoms with E-state index in [1.165, 1.54) is 0 Å². The van der Waals surface area contributed by atoms with Crippen LogP contribution in [0.4, 0.5) is 5.69 Å². The fourth-order valence-corrected chi connectivity index (χ4v) is 2.42. The van der Waals surface area contributed by atoms with E-state index in [-0.39, 0.29) is 5.97 Å². The van der Waals surface area contributed by atoms with Gasteiger partial charge in [-0.25, -0.2) is 4.79 Å². The highest BCUT2D eigenvalue weighted by Gasteiger charge is 2.16. The number of nitrogens with one attached hydrogen (secondary N) is 1. The van der Waals surface area contributed by atoms with Crippen molar-refractivity contribution in [1.29, 1.82) is 0 Å². The first-order valence-corrected chi connectivity index (χ1v) is 7.55. The summed E-state index contributed by atoms with van der Waals surface area (Å²) in [7, 11) is 0. The van der Waals surface area contributed by atoms with Crippen LogP contribution >= 0.6 is 0 Å². The lowest BCUT2D eigenvalue weighted by atomic mass is 10.1. The third-order valence-electron chi connectivity index (χ3n) is 3.47. The molecule has 0 aliphatic carbocycles. The predicted octanol–water partition coefficient (Wildman–Crippen LogP) is 2.72. The summed E-state index contributed by atoms with van der Waals surface area (Å²) in [4.78, 5) is 16.5. The van der Waals surface area contributed by atoms with Crippen LogP contribution in [0.1, 0.15) is 17.3 Å². The maximum atomic E-state index is 12.2. The van der Waals surface area contributed by atoms with Gasteiger partial charge in [0.2, 0.25) is 0 Å². The van der Waals surface area contributed by atoms with Crippen LogP contribution in [0.25, 0.3) is 10.9 Å². The summed E-state index contributed by atoms with van der Waals surface area (Å²) in [6.45, 7) is 3.46. The maximum Gasteiger partial charge on any atom is 0.341 e. The number of benzene rings is 1. The van der Waals surface area contributed by atoms with E-state index in [0.29, 0.717) is 25.3 Å². The van der Waals surface area contributed by atoms with Gasteiger partial charge in [0.15, 0.2) is 0 Å². The average molecular weight is 310 g/mol. The van der Waals surface area contributed by atoms with Crippen molar-refractivity contribution >= 4 is 22.6 Å². The minimum absolute atomic E-state index is 0.332. The van der Waals surface area contributed by atoms with Crippen LogP contribution in [-0.4, -0.2) is 33.9 Å². The summed E-state index contributed by atoms with van der Waals surface area (Å²) in [5.74, 6) is -0.368. The second kappa shape index (κ2) is 6.91. The molecule has 0 radical (unpaired) electrons. The Kier molecular flexibility index (Phi) is 4.52. The van der Waals surface area contributed by atoms with Gasteiger partial charge in [-0.15, -0.1) is 0 Å². The molecule has 0 saturated heterocycles. The largest absolute Gasteiger partial charge is 0.462 e. The van der Waals surface area contributed by atoms with Crippen LogP contribution < -0.4 is 5.32 Å². The molecule has 6 heteroatoms. The number of ether oxygens (including phenoxy) is 1. The average Bonchev–Trinajstić information content (AvgIpc) is 3.08. The molecule has 0 aliphatic heterocycles. The van der Waals surface area contributed by atoms with Crippen LogP contribution in [0.3, 0.4) is 0 Å². The van der Waals surface area contributed by atoms with Crippen molar-refractivity contribution in [3.63, 3.8) is 0 Å². The number of aromatic nitrogens is 3. The van der Waals surface area contributed by atoms with Gasteiger partial charge in [0.25, 0.3) is 0 Å². The SMILES string of the molecule is CCOC(=O)c1cnc2ccccc2c1NCCn1cccn1. The van der Waals surface area contributed by atoms with E-state index in [0.717, 1.165) is 16.6 Å². The number of nitrogens with zero attached hydrogens (tertiary/aromatic N) is 3. The van der Waals surface area contributed by atoms with Crippen molar-refractivity contribution in [3.8, 4) is 0 Å². The summed E-state index contributed by atoms with van der Waals surface area (Å²) in [6, 6.07) is 9.60. The second-order valence-corrected chi connectivity index (χ2v) is 4.98. The lowest BCUT2D eigenvalue weighted by Gasteiger charge is -2.14. The van der Waals surface area contributed by atoms with Crippen molar-refractivity contribution in [1.82, 2.24) is 14.8 Å². The zero-order valence-corrected chi connectivity index (χ0v) is 12.9. The molecule has 118 valence electrons. The van der Waals surface area contributed by atoms with Crippen molar-refractivity contribution in [2.75, 3.05) is 18.5 Å². The number of carbonyl (C=O) groups excluding carboxylic acids is 1. The number of esters is 1. The van der Waals surface area contributed by atoms with Crippen molar-refractivity contribution in [2.24, 2.45) is 0 Å². The van der Waals surface area contributed by atoms with Gasteiger partial charge in [0.05, 0.1) is 24.4 Å². The molecule has 0 fully saturated rings. The first-order chi connectivity index (χ1) is 11.3. The summed E-state index contributed by atoms with van der Waals surface area (Å²) in [5, 5.41) is 8.40. The molecule has 1 N–H and O–H groups in total. The second-order valence-electron chi connectivity index (χ2n) is 4.98. The van der Waals surface area contributed by atoms with E-state index in [1.807, 2.05) is 41.2 Å². The van der Waals surface area contributed by atoms with E-state index in [1.54, 1.807) is 19.3 Å². The van der Waals surface area contributed by atoms with E-state index in [4.69, 9.17) is 4.74 Å². The molecule has 0 bridgehead atoms. The fourth-order valence-electron chi connectivity index (χ4n) is 2.42. The first-order valence-electron chi connectivity index (χ1n) is 7.55. The molecule has 0 atom stereocenters. The Balaban J connectivity index is 1.90. The molecular weight excluding hydrogens is 292 g/mol. The van der Waals surface area contributed by atoms with Gasteiger partial charge in [-0.1, -0.05) is 18.2 Å². The van der Waals surface area contributed by atoms with Gasteiger partial charge in [-0.2, -0.15) is 5.10 Å². The standard InChI is InChI=1S/C17H18N4O2/c1-2-23-17(22)14-12-19-15-7-4-3-6-13(15)16(14)18-9-11-21-10-5-8-20-21/h3-8,10,12H,2,9,11H2,1H3,(H,18,19). The topological polar surface area (TPSA) is 69.0 Å². The molecule has 0 unspecified atom stereocenters. The Morgan fingerprint density at radius 3 is 2.96 bits per heavy atom. The molecule has 3 aromatic rings. The lowest BCUT2D eigenvalue weighted by molar-refractivity contribution is 0.0527. The zero-order chi connectivity index (χ0) is 16.1. The quantitative estimate of drug-likeness (QED) is 0.709. The highest BCUT2D eigenvalue weighted by atomic mass is 16.5. The minimum atomic E-state index is -0.368. The van der Waals surface area contributed by atoms with Crippen LogP contribution in [0.15, 0.2) is 48.9 Å². The molecule has 2 aromatic heterocycles. The Labute approximate surface area is 134 Å².